The molecule has 0 fully saturated rings. The summed E-state index contributed by atoms with van der Waals surface area (Å²) in [7, 11) is 0. The summed E-state index contributed by atoms with van der Waals surface area (Å²) in [5.74, 6) is 2.69. The summed E-state index contributed by atoms with van der Waals surface area (Å²) in [5, 5.41) is 1.98. The Morgan fingerprint density at radius 1 is 1.73 bits per heavy atom. The van der Waals surface area contributed by atoms with Gasteiger partial charge >= 0.3 is 0 Å². The van der Waals surface area contributed by atoms with Crippen LogP contribution in [0, 0.1) is 12.3 Å². The van der Waals surface area contributed by atoms with Gasteiger partial charge in [0.05, 0.1) is 11.1 Å². The zero-order valence-electron chi connectivity index (χ0n) is 6.39. The van der Waals surface area contributed by atoms with Crippen molar-refractivity contribution in [3.63, 3.8) is 0 Å². The molecule has 0 amide bonds. The highest BCUT2D eigenvalue weighted by Crippen LogP contribution is 2.26. The Balaban J connectivity index is 3.04. The maximum Gasteiger partial charge on any atom is 0.159 e. The molecule has 0 aliphatic rings. The van der Waals surface area contributed by atoms with Crippen LogP contribution in [-0.2, 0) is 5.41 Å². The summed E-state index contributed by atoms with van der Waals surface area (Å²) in [6, 6.07) is 0. The van der Waals surface area contributed by atoms with E-state index in [0.717, 1.165) is 9.61 Å². The Kier molecular flexibility index (Phi) is 2.36. The summed E-state index contributed by atoms with van der Waals surface area (Å²) in [4.78, 5) is 4.25. The van der Waals surface area contributed by atoms with Crippen LogP contribution in [0.5, 0.6) is 0 Å². The monoisotopic (exact) mass is 229 g/mol. The Morgan fingerprint density at radius 3 is 2.73 bits per heavy atom. The van der Waals surface area contributed by atoms with E-state index in [1.54, 1.807) is 11.3 Å². The SMILES string of the molecule is C#CC(C)(C)c1csc(Br)n1. The molecule has 3 heteroatoms. The highest BCUT2D eigenvalue weighted by molar-refractivity contribution is 9.11. The van der Waals surface area contributed by atoms with E-state index in [2.05, 4.69) is 26.8 Å². The normalized spacial score (nSPS) is 11.1. The van der Waals surface area contributed by atoms with Gasteiger partial charge in [-0.2, -0.15) is 0 Å². The fourth-order valence-electron chi connectivity index (χ4n) is 0.613. The number of halogens is 1. The minimum Gasteiger partial charge on any atom is -0.233 e. The lowest BCUT2D eigenvalue weighted by Gasteiger charge is -2.12. The molecule has 1 aromatic heterocycles. The first-order valence-corrected chi connectivity index (χ1v) is 4.83. The number of aromatic nitrogens is 1. The van der Waals surface area contributed by atoms with Gasteiger partial charge in [0.15, 0.2) is 3.92 Å². The highest BCUT2D eigenvalue weighted by atomic mass is 79.9. The van der Waals surface area contributed by atoms with Crippen molar-refractivity contribution >= 4 is 27.3 Å². The van der Waals surface area contributed by atoms with Gasteiger partial charge in [-0.25, -0.2) is 4.98 Å². The first-order valence-electron chi connectivity index (χ1n) is 3.15. The molecule has 0 atom stereocenters. The second-order valence-electron chi connectivity index (χ2n) is 2.76. The molecule has 0 bridgehead atoms. The number of thiazole rings is 1. The van der Waals surface area contributed by atoms with E-state index in [9.17, 15) is 0 Å². The molecule has 11 heavy (non-hydrogen) atoms. The lowest BCUT2D eigenvalue weighted by atomic mass is 9.92. The summed E-state index contributed by atoms with van der Waals surface area (Å²) in [6.07, 6.45) is 5.35. The lowest BCUT2D eigenvalue weighted by molar-refractivity contribution is 0.675. The van der Waals surface area contributed by atoms with Crippen LogP contribution >= 0.6 is 27.3 Å². The average Bonchev–Trinajstić information content (AvgIpc) is 2.36. The molecule has 0 aliphatic carbocycles. The number of rotatable bonds is 1. The van der Waals surface area contributed by atoms with Crippen molar-refractivity contribution < 1.29 is 0 Å². The van der Waals surface area contributed by atoms with Gasteiger partial charge in [0, 0.05) is 5.38 Å². The van der Waals surface area contributed by atoms with Crippen LogP contribution in [0.3, 0.4) is 0 Å². The van der Waals surface area contributed by atoms with E-state index in [-0.39, 0.29) is 5.41 Å². The first-order chi connectivity index (χ1) is 5.06. The molecule has 0 radical (unpaired) electrons. The third-order valence-electron chi connectivity index (χ3n) is 1.48. The van der Waals surface area contributed by atoms with Crippen molar-refractivity contribution in [1.29, 1.82) is 0 Å². The minimum atomic E-state index is -0.248. The largest absolute Gasteiger partial charge is 0.233 e. The van der Waals surface area contributed by atoms with E-state index >= 15 is 0 Å². The summed E-state index contributed by atoms with van der Waals surface area (Å²) in [6.45, 7) is 3.96. The molecule has 0 unspecified atom stereocenters. The van der Waals surface area contributed by atoms with Crippen molar-refractivity contribution in [3.05, 3.63) is 15.0 Å². The molecule has 0 saturated carbocycles. The molecule has 1 nitrogen and oxygen atoms in total. The van der Waals surface area contributed by atoms with Gasteiger partial charge in [-0.15, -0.1) is 17.8 Å². The molecular weight excluding hydrogens is 222 g/mol. The lowest BCUT2D eigenvalue weighted by Crippen LogP contribution is -2.13. The van der Waals surface area contributed by atoms with Crippen molar-refractivity contribution in [3.8, 4) is 12.3 Å². The third-order valence-corrected chi connectivity index (χ3v) is 2.84. The van der Waals surface area contributed by atoms with Crippen LogP contribution in [0.25, 0.3) is 0 Å². The van der Waals surface area contributed by atoms with Crippen LogP contribution in [0.4, 0.5) is 0 Å². The Labute approximate surface area is 79.0 Å². The topological polar surface area (TPSA) is 12.9 Å². The summed E-state index contributed by atoms with van der Waals surface area (Å²) < 4.78 is 0.885. The van der Waals surface area contributed by atoms with Crippen LogP contribution in [0.2, 0.25) is 0 Å². The average molecular weight is 230 g/mol. The number of hydrogen-bond donors (Lipinski definition) is 0. The van der Waals surface area contributed by atoms with Crippen molar-refractivity contribution in [1.82, 2.24) is 4.98 Å². The zero-order valence-corrected chi connectivity index (χ0v) is 8.79. The van der Waals surface area contributed by atoms with Crippen LogP contribution in [-0.4, -0.2) is 4.98 Å². The summed E-state index contributed by atoms with van der Waals surface area (Å²) in [5.41, 5.74) is 0.708. The fourth-order valence-corrected chi connectivity index (χ4v) is 1.79. The molecule has 58 valence electrons. The highest BCUT2D eigenvalue weighted by Gasteiger charge is 2.19. The van der Waals surface area contributed by atoms with Gasteiger partial charge in [-0.1, -0.05) is 5.92 Å². The molecule has 0 N–H and O–H groups in total. The van der Waals surface area contributed by atoms with Crippen LogP contribution in [0.15, 0.2) is 9.30 Å². The minimum absolute atomic E-state index is 0.248. The second kappa shape index (κ2) is 2.96. The summed E-state index contributed by atoms with van der Waals surface area (Å²) >= 11 is 4.85. The molecule has 0 aliphatic heterocycles. The van der Waals surface area contributed by atoms with E-state index in [4.69, 9.17) is 6.42 Å². The standard InChI is InChI=1S/C8H8BrNS/c1-4-8(2,3)6-5-11-7(9)10-6/h1,5H,2-3H3. The number of terminal acetylenes is 1. The molecule has 0 saturated heterocycles. The van der Waals surface area contributed by atoms with Crippen molar-refractivity contribution in [2.24, 2.45) is 0 Å². The molecule has 0 aromatic carbocycles. The van der Waals surface area contributed by atoms with Gasteiger partial charge in [0.2, 0.25) is 0 Å². The Hall–Kier alpha value is -0.330. The van der Waals surface area contributed by atoms with Gasteiger partial charge in [0.25, 0.3) is 0 Å². The van der Waals surface area contributed by atoms with Gasteiger partial charge < -0.3 is 0 Å². The predicted octanol–water partition coefficient (Wildman–Crippen LogP) is 2.82. The molecular formula is C8H8BrNS. The maximum absolute atomic E-state index is 5.35. The van der Waals surface area contributed by atoms with Gasteiger partial charge in [-0.05, 0) is 29.8 Å². The van der Waals surface area contributed by atoms with Gasteiger partial charge in [0.1, 0.15) is 0 Å². The fraction of sp³-hybridized carbons (Fsp3) is 0.375. The molecule has 1 aromatic rings. The second-order valence-corrected chi connectivity index (χ2v) is 4.89. The van der Waals surface area contributed by atoms with E-state index in [1.165, 1.54) is 0 Å². The van der Waals surface area contributed by atoms with Crippen LogP contribution in [0.1, 0.15) is 19.5 Å². The van der Waals surface area contributed by atoms with Crippen LogP contribution < -0.4 is 0 Å². The Bertz CT molecular complexity index is 295. The van der Waals surface area contributed by atoms with E-state index in [0.29, 0.717) is 0 Å². The first kappa shape index (κ1) is 8.76. The molecule has 1 rings (SSSR count). The zero-order chi connectivity index (χ0) is 8.48. The Morgan fingerprint density at radius 2 is 2.36 bits per heavy atom. The maximum atomic E-state index is 5.35. The quantitative estimate of drug-likeness (QED) is 0.676. The van der Waals surface area contributed by atoms with Crippen molar-refractivity contribution in [2.45, 2.75) is 19.3 Å². The predicted molar refractivity (Wildman–Crippen MR) is 51.7 cm³/mol. The van der Waals surface area contributed by atoms with E-state index in [1.807, 2.05) is 19.2 Å². The molecule has 0 spiro atoms. The molecule has 1 heterocycles. The number of hydrogen-bond acceptors (Lipinski definition) is 2. The third kappa shape index (κ3) is 1.82. The number of nitrogens with zero attached hydrogens (tertiary/aromatic N) is 1. The smallest absolute Gasteiger partial charge is 0.159 e. The van der Waals surface area contributed by atoms with Crippen molar-refractivity contribution in [2.75, 3.05) is 0 Å². The van der Waals surface area contributed by atoms with E-state index < -0.39 is 0 Å². The van der Waals surface area contributed by atoms with Gasteiger partial charge in [-0.3, -0.25) is 0 Å².